The van der Waals surface area contributed by atoms with Gasteiger partial charge in [0.15, 0.2) is 9.84 Å². The molecular formula is C6H8O2S3. The molecular weight excluding hydrogens is 200 g/mol. The number of hydrogen-bond acceptors (Lipinski definition) is 4. The molecule has 0 aromatic rings. The standard InChI is InChI=1S/C6H8O2S3/c7-11(8)3-5-6(4-11)10-2-1-9-5/h3,6H,1-2,4H2. The monoisotopic (exact) mass is 208 g/mol. The van der Waals surface area contributed by atoms with Crippen LogP contribution in [0.5, 0.6) is 0 Å². The van der Waals surface area contributed by atoms with E-state index < -0.39 is 9.84 Å². The molecule has 0 saturated carbocycles. The average Bonchev–Trinajstić information content (AvgIpc) is 2.21. The van der Waals surface area contributed by atoms with Crippen molar-refractivity contribution in [1.82, 2.24) is 0 Å². The molecule has 0 aliphatic carbocycles. The average molecular weight is 208 g/mol. The topological polar surface area (TPSA) is 34.1 Å². The summed E-state index contributed by atoms with van der Waals surface area (Å²) in [4.78, 5) is 1.07. The van der Waals surface area contributed by atoms with Gasteiger partial charge in [0.25, 0.3) is 0 Å². The molecule has 1 unspecified atom stereocenters. The van der Waals surface area contributed by atoms with Crippen LogP contribution in [0.2, 0.25) is 0 Å². The highest BCUT2D eigenvalue weighted by Crippen LogP contribution is 2.39. The van der Waals surface area contributed by atoms with Gasteiger partial charge in [-0.25, -0.2) is 8.42 Å². The van der Waals surface area contributed by atoms with Gasteiger partial charge in [-0.15, -0.1) is 11.8 Å². The minimum Gasteiger partial charge on any atom is -0.224 e. The summed E-state index contributed by atoms with van der Waals surface area (Å²) < 4.78 is 22.2. The highest BCUT2D eigenvalue weighted by atomic mass is 32.2. The van der Waals surface area contributed by atoms with Gasteiger partial charge in [-0.2, -0.15) is 11.8 Å². The zero-order chi connectivity index (χ0) is 7.90. The van der Waals surface area contributed by atoms with Crippen molar-refractivity contribution in [3.8, 4) is 0 Å². The maximum atomic E-state index is 11.1. The molecule has 0 aromatic carbocycles. The van der Waals surface area contributed by atoms with Gasteiger partial charge in [-0.3, -0.25) is 0 Å². The Bertz CT molecular complexity index is 291. The number of rotatable bonds is 0. The van der Waals surface area contributed by atoms with Crippen molar-refractivity contribution in [3.63, 3.8) is 0 Å². The van der Waals surface area contributed by atoms with Crippen LogP contribution in [0.4, 0.5) is 0 Å². The second-order valence-corrected chi connectivity index (χ2v) is 6.93. The van der Waals surface area contributed by atoms with E-state index in [1.165, 1.54) is 5.41 Å². The molecule has 2 heterocycles. The summed E-state index contributed by atoms with van der Waals surface area (Å²) in [5.74, 6) is 2.48. The number of thioether (sulfide) groups is 2. The van der Waals surface area contributed by atoms with E-state index >= 15 is 0 Å². The lowest BCUT2D eigenvalue weighted by Crippen LogP contribution is -2.13. The third-order valence-corrected chi connectivity index (χ3v) is 6.25. The molecule has 11 heavy (non-hydrogen) atoms. The van der Waals surface area contributed by atoms with Gasteiger partial charge in [0.1, 0.15) is 0 Å². The van der Waals surface area contributed by atoms with Crippen molar-refractivity contribution in [2.24, 2.45) is 0 Å². The SMILES string of the molecule is O=S1(=O)C=C2SCCSC2C1. The highest BCUT2D eigenvalue weighted by Gasteiger charge is 2.32. The summed E-state index contributed by atoms with van der Waals surface area (Å²) in [6, 6.07) is 0. The van der Waals surface area contributed by atoms with E-state index in [4.69, 9.17) is 0 Å². The minimum absolute atomic E-state index is 0.263. The van der Waals surface area contributed by atoms with Crippen molar-refractivity contribution in [2.75, 3.05) is 17.3 Å². The lowest BCUT2D eigenvalue weighted by atomic mass is 10.5. The van der Waals surface area contributed by atoms with Crippen molar-refractivity contribution >= 4 is 33.4 Å². The molecule has 2 aliphatic heterocycles. The van der Waals surface area contributed by atoms with E-state index in [0.717, 1.165) is 16.4 Å². The molecule has 2 rings (SSSR count). The molecule has 0 radical (unpaired) electrons. The predicted molar refractivity (Wildman–Crippen MR) is 50.6 cm³/mol. The molecule has 0 spiro atoms. The minimum atomic E-state index is -2.83. The summed E-state index contributed by atoms with van der Waals surface area (Å²) in [6.45, 7) is 0. The van der Waals surface area contributed by atoms with Gasteiger partial charge in [-0.05, 0) is 0 Å². The highest BCUT2D eigenvalue weighted by molar-refractivity contribution is 8.11. The fourth-order valence-corrected chi connectivity index (χ4v) is 6.42. The number of hydrogen-bond donors (Lipinski definition) is 0. The smallest absolute Gasteiger partial charge is 0.173 e. The Kier molecular flexibility index (Phi) is 1.97. The van der Waals surface area contributed by atoms with Gasteiger partial charge in [-0.1, -0.05) is 0 Å². The van der Waals surface area contributed by atoms with Crippen LogP contribution in [0.3, 0.4) is 0 Å². The second-order valence-electron chi connectivity index (χ2n) is 2.56. The molecule has 62 valence electrons. The van der Waals surface area contributed by atoms with Crippen molar-refractivity contribution < 1.29 is 8.42 Å². The lowest BCUT2D eigenvalue weighted by molar-refractivity contribution is 0.606. The van der Waals surface area contributed by atoms with E-state index in [1.807, 2.05) is 0 Å². The van der Waals surface area contributed by atoms with Crippen LogP contribution in [-0.4, -0.2) is 30.9 Å². The van der Waals surface area contributed by atoms with Crippen LogP contribution >= 0.6 is 23.5 Å². The summed E-state index contributed by atoms with van der Waals surface area (Å²) in [6.07, 6.45) is 0. The number of sulfone groups is 1. The Morgan fingerprint density at radius 2 is 2.27 bits per heavy atom. The third-order valence-electron chi connectivity index (χ3n) is 1.67. The van der Waals surface area contributed by atoms with Crippen LogP contribution in [0.15, 0.2) is 10.3 Å². The van der Waals surface area contributed by atoms with Gasteiger partial charge < -0.3 is 0 Å². The third kappa shape index (κ3) is 1.60. The first-order valence-electron chi connectivity index (χ1n) is 3.36. The van der Waals surface area contributed by atoms with Crippen LogP contribution in [0.25, 0.3) is 0 Å². The Balaban J connectivity index is 2.30. The molecule has 0 aromatic heterocycles. The summed E-state index contributed by atoms with van der Waals surface area (Å²) in [5.41, 5.74) is 0. The van der Waals surface area contributed by atoms with E-state index in [0.29, 0.717) is 5.75 Å². The van der Waals surface area contributed by atoms with E-state index in [-0.39, 0.29) is 5.25 Å². The Morgan fingerprint density at radius 1 is 1.45 bits per heavy atom. The first kappa shape index (κ1) is 8.01. The first-order valence-corrected chi connectivity index (χ1v) is 7.11. The summed E-state index contributed by atoms with van der Waals surface area (Å²) in [5, 5.41) is 1.72. The van der Waals surface area contributed by atoms with Crippen LogP contribution in [-0.2, 0) is 9.84 Å². The van der Waals surface area contributed by atoms with E-state index in [9.17, 15) is 8.42 Å². The van der Waals surface area contributed by atoms with Crippen molar-refractivity contribution in [1.29, 1.82) is 0 Å². The quantitative estimate of drug-likeness (QED) is 0.597. The Hall–Kier alpha value is 0.390. The molecule has 2 nitrogen and oxygen atoms in total. The fourth-order valence-electron chi connectivity index (χ4n) is 1.20. The lowest BCUT2D eigenvalue weighted by Gasteiger charge is -2.17. The van der Waals surface area contributed by atoms with Crippen molar-refractivity contribution in [2.45, 2.75) is 5.25 Å². The number of fused-ring (bicyclic) bond motifs is 1. The van der Waals surface area contributed by atoms with E-state index in [2.05, 4.69) is 0 Å². The molecule has 0 amide bonds. The normalized spacial score (nSPS) is 34.5. The Morgan fingerprint density at radius 3 is 3.00 bits per heavy atom. The van der Waals surface area contributed by atoms with Crippen LogP contribution in [0.1, 0.15) is 0 Å². The molecule has 0 N–H and O–H groups in total. The zero-order valence-corrected chi connectivity index (χ0v) is 8.27. The van der Waals surface area contributed by atoms with Crippen molar-refractivity contribution in [3.05, 3.63) is 10.3 Å². The zero-order valence-electron chi connectivity index (χ0n) is 5.82. The maximum Gasteiger partial charge on any atom is 0.173 e. The molecule has 1 fully saturated rings. The summed E-state index contributed by atoms with van der Waals surface area (Å²) in [7, 11) is -2.83. The molecule has 1 saturated heterocycles. The molecule has 0 bridgehead atoms. The van der Waals surface area contributed by atoms with E-state index in [1.54, 1.807) is 23.5 Å². The molecule has 5 heteroatoms. The molecule has 2 aliphatic rings. The second kappa shape index (κ2) is 2.71. The molecule has 1 atom stereocenters. The van der Waals surface area contributed by atoms with Gasteiger partial charge in [0, 0.05) is 21.8 Å². The Labute approximate surface area is 74.7 Å². The fraction of sp³-hybridized carbons (Fsp3) is 0.667. The van der Waals surface area contributed by atoms with Crippen LogP contribution in [0, 0.1) is 0 Å². The first-order chi connectivity index (χ1) is 5.17. The van der Waals surface area contributed by atoms with Gasteiger partial charge in [0.05, 0.1) is 11.0 Å². The largest absolute Gasteiger partial charge is 0.224 e. The predicted octanol–water partition coefficient (Wildman–Crippen LogP) is 1.10. The maximum absolute atomic E-state index is 11.1. The summed E-state index contributed by atoms with van der Waals surface area (Å²) >= 11 is 3.46. The van der Waals surface area contributed by atoms with Gasteiger partial charge >= 0.3 is 0 Å². The van der Waals surface area contributed by atoms with Gasteiger partial charge in [0.2, 0.25) is 0 Å². The van der Waals surface area contributed by atoms with Crippen LogP contribution < -0.4 is 0 Å².